The van der Waals surface area contributed by atoms with Gasteiger partial charge in [0.25, 0.3) is 0 Å². The summed E-state index contributed by atoms with van der Waals surface area (Å²) in [4.78, 5) is 14.7. The SMILES string of the molecule is c1ccc(-c2ccc(-c3cc(-c4ccc5oc6ccccc6c5c4)nc(-c4ccccc4-c4cccnc4)n3)cc2)cc1. The molecule has 202 valence electrons. The summed E-state index contributed by atoms with van der Waals surface area (Å²) in [6.45, 7) is 0. The maximum Gasteiger partial charge on any atom is 0.161 e. The van der Waals surface area contributed by atoms with Gasteiger partial charge in [0.1, 0.15) is 11.2 Å². The minimum Gasteiger partial charge on any atom is -0.456 e. The molecule has 8 aromatic rings. The largest absolute Gasteiger partial charge is 0.456 e. The molecule has 0 amide bonds. The predicted octanol–water partition coefficient (Wildman–Crippen LogP) is 10.1. The van der Waals surface area contributed by atoms with Crippen LogP contribution < -0.4 is 0 Å². The van der Waals surface area contributed by atoms with Gasteiger partial charge in [0, 0.05) is 45.4 Å². The summed E-state index contributed by atoms with van der Waals surface area (Å²) in [6.07, 6.45) is 3.67. The van der Waals surface area contributed by atoms with Crippen molar-refractivity contribution in [2.45, 2.75) is 0 Å². The lowest BCUT2D eigenvalue weighted by molar-refractivity contribution is 0.669. The Morgan fingerprint density at radius 2 is 1.05 bits per heavy atom. The van der Waals surface area contributed by atoms with Crippen LogP contribution in [0.2, 0.25) is 0 Å². The Bertz CT molecular complexity index is 2220. The van der Waals surface area contributed by atoms with Crippen LogP contribution in [0.25, 0.3) is 78.1 Å². The Kier molecular flexibility index (Phi) is 6.08. The third kappa shape index (κ3) is 4.65. The number of fused-ring (bicyclic) bond motifs is 3. The average Bonchev–Trinajstić information content (AvgIpc) is 3.47. The highest BCUT2D eigenvalue weighted by Crippen LogP contribution is 2.36. The average molecular weight is 552 g/mol. The van der Waals surface area contributed by atoms with Crippen molar-refractivity contribution in [2.75, 3.05) is 0 Å². The quantitative estimate of drug-likeness (QED) is 0.214. The zero-order valence-corrected chi connectivity index (χ0v) is 23.2. The van der Waals surface area contributed by atoms with Gasteiger partial charge in [0.05, 0.1) is 11.4 Å². The Balaban J connectivity index is 1.31. The predicted molar refractivity (Wildman–Crippen MR) is 174 cm³/mol. The van der Waals surface area contributed by atoms with Crippen molar-refractivity contribution in [1.82, 2.24) is 15.0 Å². The van der Waals surface area contributed by atoms with Crippen molar-refractivity contribution in [3.8, 4) is 56.2 Å². The number of rotatable bonds is 5. The molecule has 0 atom stereocenters. The van der Waals surface area contributed by atoms with Gasteiger partial charge in [-0.1, -0.05) is 103 Å². The van der Waals surface area contributed by atoms with Crippen LogP contribution in [0.1, 0.15) is 0 Å². The third-order valence-electron chi connectivity index (χ3n) is 7.83. The number of hydrogen-bond donors (Lipinski definition) is 0. The van der Waals surface area contributed by atoms with Crippen LogP contribution in [0.3, 0.4) is 0 Å². The van der Waals surface area contributed by atoms with E-state index < -0.39 is 0 Å². The molecular weight excluding hydrogens is 526 g/mol. The highest BCUT2D eigenvalue weighted by Gasteiger charge is 2.16. The summed E-state index contributed by atoms with van der Waals surface area (Å²) in [5.41, 5.74) is 10.8. The number of nitrogens with zero attached hydrogens (tertiary/aromatic N) is 3. The van der Waals surface area contributed by atoms with E-state index in [9.17, 15) is 0 Å². The van der Waals surface area contributed by atoms with Crippen LogP contribution in [0.5, 0.6) is 0 Å². The van der Waals surface area contributed by atoms with Crippen LogP contribution in [-0.4, -0.2) is 15.0 Å². The van der Waals surface area contributed by atoms with E-state index in [0.29, 0.717) is 5.82 Å². The second kappa shape index (κ2) is 10.5. The van der Waals surface area contributed by atoms with Crippen LogP contribution >= 0.6 is 0 Å². The standard InChI is InChI=1S/C39H25N3O/c1-2-9-26(10-3-1)27-16-18-28(19-17-27)35-24-36(29-20-21-38-34(23-29)32-13-6-7-15-37(32)43-38)42-39(41-35)33-14-5-4-12-31(33)30-11-8-22-40-25-30/h1-25H. The highest BCUT2D eigenvalue weighted by atomic mass is 16.3. The second-order valence-corrected chi connectivity index (χ2v) is 10.5. The normalized spacial score (nSPS) is 11.3. The molecule has 0 fully saturated rings. The van der Waals surface area contributed by atoms with E-state index in [4.69, 9.17) is 14.4 Å². The van der Waals surface area contributed by atoms with Gasteiger partial charge in [-0.2, -0.15) is 0 Å². The van der Waals surface area contributed by atoms with Crippen molar-refractivity contribution in [2.24, 2.45) is 0 Å². The molecule has 0 bridgehead atoms. The van der Waals surface area contributed by atoms with Gasteiger partial charge in [-0.25, -0.2) is 9.97 Å². The van der Waals surface area contributed by atoms with Crippen molar-refractivity contribution in [3.63, 3.8) is 0 Å². The van der Waals surface area contributed by atoms with Gasteiger partial charge < -0.3 is 4.42 Å². The van der Waals surface area contributed by atoms with Crippen LogP contribution in [0, 0.1) is 0 Å². The van der Waals surface area contributed by atoms with Gasteiger partial charge in [-0.3, -0.25) is 4.98 Å². The van der Waals surface area contributed by atoms with Crippen LogP contribution in [0.4, 0.5) is 0 Å². The number of pyridine rings is 1. The first kappa shape index (κ1) is 24.9. The van der Waals surface area contributed by atoms with Crippen LogP contribution in [0.15, 0.2) is 156 Å². The van der Waals surface area contributed by atoms with E-state index in [1.54, 1.807) is 6.20 Å². The molecule has 4 heteroatoms. The van der Waals surface area contributed by atoms with E-state index in [0.717, 1.165) is 66.7 Å². The summed E-state index contributed by atoms with van der Waals surface area (Å²) in [7, 11) is 0. The molecule has 0 radical (unpaired) electrons. The van der Waals surface area contributed by atoms with Crippen molar-refractivity contribution in [3.05, 3.63) is 152 Å². The molecule has 3 aromatic heterocycles. The maximum atomic E-state index is 6.10. The fourth-order valence-electron chi connectivity index (χ4n) is 5.66. The van der Waals surface area contributed by atoms with E-state index in [1.807, 2.05) is 54.7 Å². The molecular formula is C39H25N3O. The minimum absolute atomic E-state index is 0.663. The van der Waals surface area contributed by atoms with E-state index in [2.05, 4.69) is 96.0 Å². The second-order valence-electron chi connectivity index (χ2n) is 10.5. The smallest absolute Gasteiger partial charge is 0.161 e. The zero-order chi connectivity index (χ0) is 28.6. The van der Waals surface area contributed by atoms with Crippen LogP contribution in [-0.2, 0) is 0 Å². The molecule has 0 aliphatic carbocycles. The highest BCUT2D eigenvalue weighted by molar-refractivity contribution is 6.06. The van der Waals surface area contributed by atoms with E-state index >= 15 is 0 Å². The molecule has 0 N–H and O–H groups in total. The summed E-state index contributed by atoms with van der Waals surface area (Å²) in [5, 5.41) is 2.16. The molecule has 5 aromatic carbocycles. The Labute approximate surface area is 249 Å². The number of benzene rings is 5. The Morgan fingerprint density at radius 1 is 0.419 bits per heavy atom. The number of para-hydroxylation sites is 1. The molecule has 8 rings (SSSR count). The lowest BCUT2D eigenvalue weighted by Gasteiger charge is -2.13. The summed E-state index contributed by atoms with van der Waals surface area (Å²) in [6, 6.07) is 47.8. The van der Waals surface area contributed by atoms with Crippen molar-refractivity contribution >= 4 is 21.9 Å². The maximum absolute atomic E-state index is 6.10. The third-order valence-corrected chi connectivity index (χ3v) is 7.83. The molecule has 0 saturated carbocycles. The molecule has 3 heterocycles. The van der Waals surface area contributed by atoms with Crippen molar-refractivity contribution < 1.29 is 4.42 Å². The minimum atomic E-state index is 0.663. The fraction of sp³-hybridized carbons (Fsp3) is 0. The monoisotopic (exact) mass is 551 g/mol. The molecule has 4 nitrogen and oxygen atoms in total. The molecule has 0 aliphatic heterocycles. The topological polar surface area (TPSA) is 51.8 Å². The lowest BCUT2D eigenvalue weighted by Crippen LogP contribution is -1.97. The van der Waals surface area contributed by atoms with Gasteiger partial charge in [-0.15, -0.1) is 0 Å². The molecule has 0 saturated heterocycles. The van der Waals surface area contributed by atoms with Crippen molar-refractivity contribution in [1.29, 1.82) is 0 Å². The number of aromatic nitrogens is 3. The fourth-order valence-corrected chi connectivity index (χ4v) is 5.66. The molecule has 0 unspecified atom stereocenters. The summed E-state index contributed by atoms with van der Waals surface area (Å²) >= 11 is 0. The molecule has 0 spiro atoms. The van der Waals surface area contributed by atoms with Gasteiger partial charge >= 0.3 is 0 Å². The van der Waals surface area contributed by atoms with Gasteiger partial charge in [0.2, 0.25) is 0 Å². The first-order valence-electron chi connectivity index (χ1n) is 14.3. The van der Waals surface area contributed by atoms with Gasteiger partial charge in [-0.05, 0) is 53.1 Å². The Morgan fingerprint density at radius 3 is 1.86 bits per heavy atom. The molecule has 0 aliphatic rings. The van der Waals surface area contributed by atoms with E-state index in [1.165, 1.54) is 5.56 Å². The number of furan rings is 1. The zero-order valence-electron chi connectivity index (χ0n) is 23.2. The van der Waals surface area contributed by atoms with Gasteiger partial charge in [0.15, 0.2) is 5.82 Å². The Hall–Kier alpha value is -5.87. The van der Waals surface area contributed by atoms with E-state index in [-0.39, 0.29) is 0 Å². The first-order valence-corrected chi connectivity index (χ1v) is 14.3. The molecule has 43 heavy (non-hydrogen) atoms. The first-order chi connectivity index (χ1) is 21.3. The summed E-state index contributed by atoms with van der Waals surface area (Å²) in [5.74, 6) is 0.663. The lowest BCUT2D eigenvalue weighted by atomic mass is 9.99. The number of hydrogen-bond acceptors (Lipinski definition) is 4. The summed E-state index contributed by atoms with van der Waals surface area (Å²) < 4.78 is 6.10.